The van der Waals surface area contributed by atoms with E-state index in [-0.39, 0.29) is 16.3 Å². The Hall–Kier alpha value is -1.82. The van der Waals surface area contributed by atoms with E-state index in [0.717, 1.165) is 6.07 Å². The van der Waals surface area contributed by atoms with Gasteiger partial charge < -0.3 is 4.74 Å². The highest BCUT2D eigenvalue weighted by Gasteiger charge is 2.28. The Kier molecular flexibility index (Phi) is 3.85. The van der Waals surface area contributed by atoms with Gasteiger partial charge in [-0.1, -0.05) is 23.7 Å². The summed E-state index contributed by atoms with van der Waals surface area (Å²) in [6.45, 7) is 0. The van der Waals surface area contributed by atoms with Crippen LogP contribution in [0, 0.1) is 29.1 Å². The molecule has 20 heavy (non-hydrogen) atoms. The first-order valence-corrected chi connectivity index (χ1v) is 5.62. The maximum Gasteiger partial charge on any atom is 0.200 e. The highest BCUT2D eigenvalue weighted by molar-refractivity contribution is 6.34. The average molecular weight is 309 g/mol. The molecule has 0 unspecified atom stereocenters. The fraction of sp³-hybridized carbons (Fsp3) is 0.0769. The fourth-order valence-electron chi connectivity index (χ4n) is 1.70. The maximum absolute atomic E-state index is 13.7. The van der Waals surface area contributed by atoms with E-state index >= 15 is 0 Å². The Morgan fingerprint density at radius 3 is 1.85 bits per heavy atom. The van der Waals surface area contributed by atoms with Gasteiger partial charge in [0.05, 0.1) is 17.7 Å². The van der Waals surface area contributed by atoms with Gasteiger partial charge in [0.1, 0.15) is 5.75 Å². The molecule has 0 aliphatic heterocycles. The molecule has 0 saturated carbocycles. The minimum Gasteiger partial charge on any atom is -0.495 e. The first kappa shape index (κ1) is 14.6. The molecule has 0 saturated heterocycles. The zero-order valence-corrected chi connectivity index (χ0v) is 10.7. The van der Waals surface area contributed by atoms with Crippen LogP contribution in [-0.4, -0.2) is 7.11 Å². The molecule has 0 amide bonds. The zero-order chi connectivity index (χ0) is 15.0. The van der Waals surface area contributed by atoms with Crippen molar-refractivity contribution in [1.29, 1.82) is 0 Å². The fourth-order valence-corrected chi connectivity index (χ4v) is 2.00. The van der Waals surface area contributed by atoms with Crippen molar-refractivity contribution in [2.45, 2.75) is 0 Å². The number of benzene rings is 2. The second kappa shape index (κ2) is 5.28. The smallest absolute Gasteiger partial charge is 0.200 e. The van der Waals surface area contributed by atoms with Crippen LogP contribution in [0.2, 0.25) is 5.02 Å². The number of halogens is 6. The molecule has 2 rings (SSSR count). The molecular formula is C13H6ClF5O. The lowest BCUT2D eigenvalue weighted by Crippen LogP contribution is -2.04. The van der Waals surface area contributed by atoms with Crippen molar-refractivity contribution < 1.29 is 26.7 Å². The van der Waals surface area contributed by atoms with Crippen LogP contribution in [0.5, 0.6) is 5.75 Å². The summed E-state index contributed by atoms with van der Waals surface area (Å²) in [5.41, 5.74) is -1.44. The lowest BCUT2D eigenvalue weighted by Gasteiger charge is -2.12. The molecule has 2 aromatic carbocycles. The topological polar surface area (TPSA) is 9.23 Å². The van der Waals surface area contributed by atoms with Gasteiger partial charge in [0.25, 0.3) is 0 Å². The molecule has 7 heteroatoms. The van der Waals surface area contributed by atoms with Crippen molar-refractivity contribution >= 4 is 11.6 Å². The molecule has 106 valence electrons. The zero-order valence-electron chi connectivity index (χ0n) is 9.91. The molecule has 0 aliphatic carbocycles. The largest absolute Gasteiger partial charge is 0.495 e. The van der Waals surface area contributed by atoms with Crippen molar-refractivity contribution in [3.05, 3.63) is 52.3 Å². The Labute approximate surface area is 115 Å². The summed E-state index contributed by atoms with van der Waals surface area (Å²) in [6, 6.07) is 3.83. The van der Waals surface area contributed by atoms with E-state index in [0.29, 0.717) is 0 Å². The van der Waals surface area contributed by atoms with Crippen LogP contribution < -0.4 is 4.74 Å². The van der Waals surface area contributed by atoms with Gasteiger partial charge in [-0.15, -0.1) is 0 Å². The highest BCUT2D eigenvalue weighted by Crippen LogP contribution is 2.39. The molecule has 0 fully saturated rings. The second-order valence-electron chi connectivity index (χ2n) is 3.77. The second-order valence-corrected chi connectivity index (χ2v) is 4.14. The van der Waals surface area contributed by atoms with Crippen molar-refractivity contribution in [2.24, 2.45) is 0 Å². The van der Waals surface area contributed by atoms with E-state index in [9.17, 15) is 22.0 Å². The van der Waals surface area contributed by atoms with Crippen LogP contribution in [-0.2, 0) is 0 Å². The van der Waals surface area contributed by atoms with Crippen LogP contribution >= 0.6 is 11.6 Å². The van der Waals surface area contributed by atoms with E-state index < -0.39 is 34.6 Å². The highest BCUT2D eigenvalue weighted by atomic mass is 35.5. The summed E-state index contributed by atoms with van der Waals surface area (Å²) in [6.07, 6.45) is 0. The van der Waals surface area contributed by atoms with Crippen LogP contribution in [0.3, 0.4) is 0 Å². The first-order valence-electron chi connectivity index (χ1n) is 5.24. The van der Waals surface area contributed by atoms with Crippen molar-refractivity contribution in [2.75, 3.05) is 7.11 Å². The molecule has 0 spiro atoms. The van der Waals surface area contributed by atoms with E-state index in [1.54, 1.807) is 0 Å². The number of ether oxygens (including phenoxy) is 1. The van der Waals surface area contributed by atoms with E-state index in [1.807, 2.05) is 0 Å². The monoisotopic (exact) mass is 308 g/mol. The predicted octanol–water partition coefficient (Wildman–Crippen LogP) is 4.71. The molecular weight excluding hydrogens is 303 g/mol. The van der Waals surface area contributed by atoms with Crippen LogP contribution in [0.4, 0.5) is 22.0 Å². The van der Waals surface area contributed by atoms with Gasteiger partial charge in [-0.05, 0) is 6.07 Å². The minimum atomic E-state index is -2.22. The van der Waals surface area contributed by atoms with Crippen LogP contribution in [0.25, 0.3) is 11.1 Å². The maximum atomic E-state index is 13.7. The standard InChI is InChI=1S/C13H6ClF5O/c1-20-6-4-2-3-5(8(6)14)7-9(15)11(17)13(19)12(18)10(7)16/h2-4H,1H3. The summed E-state index contributed by atoms with van der Waals surface area (Å²) < 4.78 is 71.5. The van der Waals surface area contributed by atoms with Crippen molar-refractivity contribution in [1.82, 2.24) is 0 Å². The first-order chi connectivity index (χ1) is 9.40. The van der Waals surface area contributed by atoms with Gasteiger partial charge in [-0.25, -0.2) is 22.0 Å². The van der Waals surface area contributed by atoms with Gasteiger partial charge >= 0.3 is 0 Å². The molecule has 1 nitrogen and oxygen atoms in total. The predicted molar refractivity (Wildman–Crippen MR) is 63.2 cm³/mol. The van der Waals surface area contributed by atoms with E-state index in [4.69, 9.17) is 16.3 Å². The van der Waals surface area contributed by atoms with Gasteiger partial charge in [0, 0.05) is 5.56 Å². The lowest BCUT2D eigenvalue weighted by molar-refractivity contribution is 0.381. The van der Waals surface area contributed by atoms with Gasteiger partial charge in [-0.2, -0.15) is 0 Å². The molecule has 0 aromatic heterocycles. The average Bonchev–Trinajstić information content (AvgIpc) is 2.45. The van der Waals surface area contributed by atoms with Crippen LogP contribution in [0.1, 0.15) is 0 Å². The molecule has 2 aromatic rings. The van der Waals surface area contributed by atoms with Gasteiger partial charge in [0.15, 0.2) is 23.3 Å². The Morgan fingerprint density at radius 2 is 1.35 bits per heavy atom. The quantitative estimate of drug-likeness (QED) is 0.443. The Balaban J connectivity index is 2.84. The Bertz CT molecular complexity index is 658. The van der Waals surface area contributed by atoms with Crippen molar-refractivity contribution in [3.63, 3.8) is 0 Å². The summed E-state index contributed by atoms with van der Waals surface area (Å²) in [5.74, 6) is -10.1. The van der Waals surface area contributed by atoms with Crippen LogP contribution in [0.15, 0.2) is 18.2 Å². The molecule has 0 heterocycles. The number of methoxy groups -OCH3 is 1. The summed E-state index contributed by atoms with van der Waals surface area (Å²) >= 11 is 5.83. The lowest BCUT2D eigenvalue weighted by atomic mass is 10.0. The van der Waals surface area contributed by atoms with Crippen molar-refractivity contribution in [3.8, 4) is 16.9 Å². The normalized spacial score (nSPS) is 10.8. The third-order valence-corrected chi connectivity index (χ3v) is 3.05. The number of hydrogen-bond donors (Lipinski definition) is 0. The summed E-state index contributed by atoms with van der Waals surface area (Å²) in [5, 5.41) is -0.252. The third kappa shape index (κ3) is 2.10. The third-order valence-electron chi connectivity index (χ3n) is 2.66. The van der Waals surface area contributed by atoms with E-state index in [1.165, 1.54) is 19.2 Å². The summed E-state index contributed by atoms with van der Waals surface area (Å²) in [7, 11) is 1.25. The SMILES string of the molecule is COc1cccc(-c2c(F)c(F)c(F)c(F)c2F)c1Cl. The van der Waals surface area contributed by atoms with Gasteiger partial charge in [-0.3, -0.25) is 0 Å². The number of rotatable bonds is 2. The molecule has 0 radical (unpaired) electrons. The van der Waals surface area contributed by atoms with E-state index in [2.05, 4.69) is 0 Å². The molecule has 0 N–H and O–H groups in total. The molecule has 0 aliphatic rings. The number of hydrogen-bond acceptors (Lipinski definition) is 1. The summed E-state index contributed by atoms with van der Waals surface area (Å²) in [4.78, 5) is 0. The minimum absolute atomic E-state index is 0.0492. The molecule has 0 bridgehead atoms. The molecule has 0 atom stereocenters. The van der Waals surface area contributed by atoms with Gasteiger partial charge in [0.2, 0.25) is 5.82 Å². The Morgan fingerprint density at radius 1 is 0.850 bits per heavy atom.